The molecule has 1 atom stereocenters. The number of fused-ring (bicyclic) bond motifs is 1. The lowest BCUT2D eigenvalue weighted by Gasteiger charge is -2.40. The molecule has 2 aromatic rings. The predicted octanol–water partition coefficient (Wildman–Crippen LogP) is 5.64. The van der Waals surface area contributed by atoms with Gasteiger partial charge in [-0.15, -0.1) is 0 Å². The molecule has 0 aromatic heterocycles. The first-order valence-electron chi connectivity index (χ1n) is 9.14. The van der Waals surface area contributed by atoms with Crippen LogP contribution in [0.5, 0.6) is 0 Å². The Morgan fingerprint density at radius 1 is 1.08 bits per heavy atom. The van der Waals surface area contributed by atoms with E-state index in [4.69, 9.17) is 0 Å². The summed E-state index contributed by atoms with van der Waals surface area (Å²) in [6.45, 7) is 6.69. The highest BCUT2D eigenvalue weighted by Crippen LogP contribution is 2.47. The summed E-state index contributed by atoms with van der Waals surface area (Å²) in [7, 11) is 0. The van der Waals surface area contributed by atoms with Crippen molar-refractivity contribution in [2.75, 3.05) is 0 Å². The van der Waals surface area contributed by atoms with Crippen molar-refractivity contribution in [3.63, 3.8) is 0 Å². The minimum Gasteiger partial charge on any atom is -0.299 e. The average molecular weight is 320 g/mol. The third-order valence-corrected chi connectivity index (χ3v) is 5.58. The van der Waals surface area contributed by atoms with E-state index in [9.17, 15) is 4.79 Å². The molecule has 1 aliphatic rings. The van der Waals surface area contributed by atoms with Crippen LogP contribution in [0.15, 0.2) is 48.5 Å². The molecule has 126 valence electrons. The summed E-state index contributed by atoms with van der Waals surface area (Å²) in [5.74, 6) is 0.476. The molecule has 24 heavy (non-hydrogen) atoms. The van der Waals surface area contributed by atoms with E-state index in [2.05, 4.69) is 63.2 Å². The van der Waals surface area contributed by atoms with Crippen LogP contribution in [-0.4, -0.2) is 5.78 Å². The van der Waals surface area contributed by atoms with Gasteiger partial charge in [-0.05, 0) is 60.3 Å². The van der Waals surface area contributed by atoms with Crippen molar-refractivity contribution in [1.82, 2.24) is 0 Å². The third-order valence-electron chi connectivity index (χ3n) is 5.58. The predicted molar refractivity (Wildman–Crippen MR) is 100 cm³/mol. The van der Waals surface area contributed by atoms with Crippen molar-refractivity contribution in [3.05, 3.63) is 70.8 Å². The second-order valence-corrected chi connectivity index (χ2v) is 7.87. The van der Waals surface area contributed by atoms with Crippen molar-refractivity contribution < 1.29 is 4.79 Å². The summed E-state index contributed by atoms with van der Waals surface area (Å²) in [6, 6.07) is 17.0. The monoisotopic (exact) mass is 320 g/mol. The first-order chi connectivity index (χ1) is 11.5. The number of hydrogen-bond acceptors (Lipinski definition) is 1. The Morgan fingerprint density at radius 2 is 1.83 bits per heavy atom. The second-order valence-electron chi connectivity index (χ2n) is 7.87. The SMILES string of the molecule is Cc1cccc2c1C(C(=O)CCCc1ccccc1)C(C)(C)CC2. The molecule has 0 saturated carbocycles. The van der Waals surface area contributed by atoms with Gasteiger partial charge in [-0.1, -0.05) is 62.4 Å². The standard InChI is InChI=1S/C23H28O/c1-17-9-7-13-19-15-16-23(2,3)22(21(17)19)20(24)14-8-12-18-10-5-4-6-11-18/h4-7,9-11,13,22H,8,12,14-16H2,1-3H3. The van der Waals surface area contributed by atoms with E-state index in [1.165, 1.54) is 22.3 Å². The number of carbonyl (C=O) groups is 1. The van der Waals surface area contributed by atoms with E-state index in [1.54, 1.807) is 0 Å². The van der Waals surface area contributed by atoms with Gasteiger partial charge < -0.3 is 0 Å². The van der Waals surface area contributed by atoms with Crippen LogP contribution in [0, 0.1) is 12.3 Å². The van der Waals surface area contributed by atoms with Gasteiger partial charge in [0.2, 0.25) is 0 Å². The Hall–Kier alpha value is -1.89. The quantitative estimate of drug-likeness (QED) is 0.696. The topological polar surface area (TPSA) is 17.1 Å². The van der Waals surface area contributed by atoms with Crippen LogP contribution in [0.3, 0.4) is 0 Å². The highest BCUT2D eigenvalue weighted by atomic mass is 16.1. The minimum atomic E-state index is 0.0539. The fourth-order valence-electron chi connectivity index (χ4n) is 4.22. The lowest BCUT2D eigenvalue weighted by atomic mass is 9.63. The van der Waals surface area contributed by atoms with E-state index >= 15 is 0 Å². The highest BCUT2D eigenvalue weighted by Gasteiger charge is 2.40. The van der Waals surface area contributed by atoms with Crippen molar-refractivity contribution in [2.24, 2.45) is 5.41 Å². The van der Waals surface area contributed by atoms with Crippen molar-refractivity contribution in [1.29, 1.82) is 0 Å². The summed E-state index contributed by atoms with van der Waals surface area (Å²) < 4.78 is 0. The van der Waals surface area contributed by atoms with Gasteiger partial charge in [-0.3, -0.25) is 4.79 Å². The molecule has 1 nitrogen and oxygen atoms in total. The fraction of sp³-hybridized carbons (Fsp3) is 0.435. The van der Waals surface area contributed by atoms with Gasteiger partial charge in [0.05, 0.1) is 0 Å². The Balaban J connectivity index is 1.76. The molecule has 0 fully saturated rings. The average Bonchev–Trinajstić information content (AvgIpc) is 2.56. The molecule has 0 radical (unpaired) electrons. The maximum atomic E-state index is 13.1. The molecule has 0 saturated heterocycles. The van der Waals surface area contributed by atoms with E-state index in [-0.39, 0.29) is 11.3 Å². The number of benzene rings is 2. The lowest BCUT2D eigenvalue weighted by Crippen LogP contribution is -2.34. The number of ketones is 1. The van der Waals surface area contributed by atoms with Crippen molar-refractivity contribution in [3.8, 4) is 0 Å². The summed E-state index contributed by atoms with van der Waals surface area (Å²) in [4.78, 5) is 13.1. The van der Waals surface area contributed by atoms with E-state index in [0.717, 1.165) is 25.7 Å². The number of Topliss-reactive ketones (excluding diaryl/α,β-unsaturated/α-hetero) is 1. The van der Waals surface area contributed by atoms with Crippen LogP contribution in [0.25, 0.3) is 0 Å². The van der Waals surface area contributed by atoms with Crippen LogP contribution in [0.4, 0.5) is 0 Å². The third kappa shape index (κ3) is 3.45. The molecule has 0 amide bonds. The Bertz CT molecular complexity index is 712. The molecule has 1 unspecified atom stereocenters. The summed E-state index contributed by atoms with van der Waals surface area (Å²) in [6.07, 6.45) is 4.80. The van der Waals surface area contributed by atoms with Gasteiger partial charge in [0.1, 0.15) is 5.78 Å². The van der Waals surface area contributed by atoms with Crippen LogP contribution < -0.4 is 0 Å². The molecule has 3 rings (SSSR count). The smallest absolute Gasteiger partial charge is 0.140 e. The molecular weight excluding hydrogens is 292 g/mol. The number of carbonyl (C=O) groups excluding carboxylic acids is 1. The molecule has 0 bridgehead atoms. The summed E-state index contributed by atoms with van der Waals surface area (Å²) >= 11 is 0. The van der Waals surface area contributed by atoms with Gasteiger partial charge in [0, 0.05) is 12.3 Å². The first-order valence-corrected chi connectivity index (χ1v) is 9.14. The van der Waals surface area contributed by atoms with Gasteiger partial charge in [0.25, 0.3) is 0 Å². The minimum absolute atomic E-state index is 0.0539. The Kier molecular flexibility index (Phi) is 4.89. The molecule has 2 aromatic carbocycles. The molecule has 1 aliphatic carbocycles. The summed E-state index contributed by atoms with van der Waals surface area (Å²) in [5, 5.41) is 0. The molecule has 0 heterocycles. The maximum Gasteiger partial charge on any atom is 0.140 e. The van der Waals surface area contributed by atoms with Crippen LogP contribution in [0.1, 0.15) is 61.3 Å². The Morgan fingerprint density at radius 3 is 2.58 bits per heavy atom. The van der Waals surface area contributed by atoms with Gasteiger partial charge in [0.15, 0.2) is 0 Å². The maximum absolute atomic E-state index is 13.1. The van der Waals surface area contributed by atoms with Gasteiger partial charge >= 0.3 is 0 Å². The highest BCUT2D eigenvalue weighted by molar-refractivity contribution is 5.87. The Labute approximate surface area is 146 Å². The number of hydrogen-bond donors (Lipinski definition) is 0. The fourth-order valence-corrected chi connectivity index (χ4v) is 4.22. The molecule has 1 heteroatoms. The van der Waals surface area contributed by atoms with E-state index in [1.807, 2.05) is 6.07 Å². The van der Waals surface area contributed by atoms with Crippen LogP contribution >= 0.6 is 0 Å². The molecule has 0 N–H and O–H groups in total. The van der Waals surface area contributed by atoms with Gasteiger partial charge in [-0.25, -0.2) is 0 Å². The van der Waals surface area contributed by atoms with Gasteiger partial charge in [-0.2, -0.15) is 0 Å². The lowest BCUT2D eigenvalue weighted by molar-refractivity contribution is -0.123. The van der Waals surface area contributed by atoms with Crippen LogP contribution in [0.2, 0.25) is 0 Å². The zero-order valence-electron chi connectivity index (χ0n) is 15.1. The van der Waals surface area contributed by atoms with Crippen LogP contribution in [-0.2, 0) is 17.6 Å². The normalized spacial score (nSPS) is 18.9. The van der Waals surface area contributed by atoms with Crippen molar-refractivity contribution >= 4 is 5.78 Å². The molecular formula is C23H28O. The largest absolute Gasteiger partial charge is 0.299 e. The molecule has 0 aliphatic heterocycles. The zero-order valence-corrected chi connectivity index (χ0v) is 15.1. The second kappa shape index (κ2) is 6.93. The zero-order chi connectivity index (χ0) is 17.2. The first kappa shape index (κ1) is 17.0. The molecule has 0 spiro atoms. The number of aryl methyl sites for hydroxylation is 3. The number of rotatable bonds is 5. The summed E-state index contributed by atoms with van der Waals surface area (Å²) in [5.41, 5.74) is 5.36. The van der Waals surface area contributed by atoms with Crippen molar-refractivity contribution in [2.45, 2.75) is 58.8 Å². The van der Waals surface area contributed by atoms with E-state index in [0.29, 0.717) is 12.2 Å². The van der Waals surface area contributed by atoms with E-state index < -0.39 is 0 Å².